The molecule has 8 rings (SSSR count). The summed E-state index contributed by atoms with van der Waals surface area (Å²) in [5.41, 5.74) is 9.05. The predicted molar refractivity (Wildman–Crippen MR) is 180 cm³/mol. The standard InChI is InChI=1S/C40H26N4/c1-3-8-30-20-32(13-11-27(30)6-1)38-25-39(44-40(43-38)33-14-12-28-7-2-4-9-31(28)21-33)37-23-35(29-15-18-41-19-16-29)22-36(24-37)34-10-5-17-42-26-34/h1-26H. The molecule has 0 fully saturated rings. The van der Waals surface area contributed by atoms with Gasteiger partial charge in [-0.1, -0.05) is 78.9 Å². The topological polar surface area (TPSA) is 51.6 Å². The Morgan fingerprint density at radius 1 is 0.318 bits per heavy atom. The second kappa shape index (κ2) is 11.0. The Balaban J connectivity index is 1.36. The van der Waals surface area contributed by atoms with Crippen molar-refractivity contribution >= 4 is 21.5 Å². The molecule has 0 N–H and O–H groups in total. The lowest BCUT2D eigenvalue weighted by molar-refractivity contribution is 1.18. The van der Waals surface area contributed by atoms with Crippen LogP contribution in [0.5, 0.6) is 0 Å². The number of nitrogens with zero attached hydrogens (tertiary/aromatic N) is 4. The van der Waals surface area contributed by atoms with Crippen molar-refractivity contribution in [1.29, 1.82) is 0 Å². The zero-order valence-corrected chi connectivity index (χ0v) is 23.8. The average Bonchev–Trinajstić information content (AvgIpc) is 3.11. The zero-order chi connectivity index (χ0) is 29.3. The van der Waals surface area contributed by atoms with Gasteiger partial charge < -0.3 is 0 Å². The van der Waals surface area contributed by atoms with Crippen molar-refractivity contribution in [1.82, 2.24) is 19.9 Å². The molecule has 0 saturated carbocycles. The molecule has 0 radical (unpaired) electrons. The van der Waals surface area contributed by atoms with E-state index in [1.807, 2.05) is 36.8 Å². The molecule has 3 heterocycles. The van der Waals surface area contributed by atoms with E-state index in [1.54, 1.807) is 6.20 Å². The Hall–Kier alpha value is -6.00. The number of aromatic nitrogens is 4. The van der Waals surface area contributed by atoms with Gasteiger partial charge in [-0.2, -0.15) is 0 Å². The molecular formula is C40H26N4. The Labute approximate surface area is 255 Å². The van der Waals surface area contributed by atoms with Crippen LogP contribution in [0.4, 0.5) is 0 Å². The Morgan fingerprint density at radius 2 is 0.909 bits per heavy atom. The Bertz CT molecular complexity index is 2120. The number of benzene rings is 5. The molecule has 0 spiro atoms. The molecule has 5 aromatic carbocycles. The molecule has 44 heavy (non-hydrogen) atoms. The molecule has 0 amide bonds. The first kappa shape index (κ1) is 25.7. The van der Waals surface area contributed by atoms with Crippen LogP contribution in [0, 0.1) is 0 Å². The van der Waals surface area contributed by atoms with E-state index >= 15 is 0 Å². The van der Waals surface area contributed by atoms with Gasteiger partial charge in [-0.15, -0.1) is 0 Å². The minimum absolute atomic E-state index is 0.689. The minimum Gasteiger partial charge on any atom is -0.265 e. The van der Waals surface area contributed by atoms with Crippen LogP contribution in [0.15, 0.2) is 158 Å². The van der Waals surface area contributed by atoms with Crippen LogP contribution in [0.25, 0.3) is 77.7 Å². The molecule has 4 nitrogen and oxygen atoms in total. The van der Waals surface area contributed by atoms with Crippen LogP contribution in [0.3, 0.4) is 0 Å². The Kier molecular flexibility index (Phi) is 6.43. The maximum Gasteiger partial charge on any atom is 0.160 e. The smallest absolute Gasteiger partial charge is 0.160 e. The molecule has 4 heteroatoms. The minimum atomic E-state index is 0.689. The van der Waals surface area contributed by atoms with Crippen LogP contribution in [0.1, 0.15) is 0 Å². The fraction of sp³-hybridized carbons (Fsp3) is 0. The molecule has 0 unspecified atom stereocenters. The molecule has 0 aliphatic heterocycles. The first-order valence-corrected chi connectivity index (χ1v) is 14.6. The van der Waals surface area contributed by atoms with Gasteiger partial charge in [-0.3, -0.25) is 9.97 Å². The molecule has 0 saturated heterocycles. The molecule has 0 aliphatic rings. The van der Waals surface area contributed by atoms with E-state index in [0.717, 1.165) is 55.7 Å². The van der Waals surface area contributed by atoms with Crippen molar-refractivity contribution in [3.05, 3.63) is 158 Å². The third kappa shape index (κ3) is 4.99. The van der Waals surface area contributed by atoms with Gasteiger partial charge in [0.25, 0.3) is 0 Å². The van der Waals surface area contributed by atoms with Gasteiger partial charge in [0, 0.05) is 47.0 Å². The van der Waals surface area contributed by atoms with Crippen molar-refractivity contribution in [2.24, 2.45) is 0 Å². The fourth-order valence-corrected chi connectivity index (χ4v) is 5.74. The molecule has 0 aliphatic carbocycles. The largest absolute Gasteiger partial charge is 0.265 e. The van der Waals surface area contributed by atoms with Crippen molar-refractivity contribution in [3.63, 3.8) is 0 Å². The van der Waals surface area contributed by atoms with E-state index in [1.165, 1.54) is 16.2 Å². The molecule has 0 atom stereocenters. The predicted octanol–water partition coefficient (Wildman–Crippen LogP) is 9.91. The van der Waals surface area contributed by atoms with E-state index in [0.29, 0.717) is 5.82 Å². The SMILES string of the molecule is c1cncc(-c2cc(-c3ccncc3)cc(-c3cc(-c4ccc5ccccc5c4)nc(-c4ccc5ccccc5c4)n3)c2)c1. The first-order valence-electron chi connectivity index (χ1n) is 14.6. The summed E-state index contributed by atoms with van der Waals surface area (Å²) in [4.78, 5) is 19.0. The van der Waals surface area contributed by atoms with Crippen molar-refractivity contribution < 1.29 is 0 Å². The van der Waals surface area contributed by atoms with Gasteiger partial charge in [0.2, 0.25) is 0 Å². The highest BCUT2D eigenvalue weighted by molar-refractivity contribution is 5.89. The quantitative estimate of drug-likeness (QED) is 0.209. The summed E-state index contributed by atoms with van der Waals surface area (Å²) in [5, 5.41) is 4.72. The van der Waals surface area contributed by atoms with E-state index in [2.05, 4.69) is 125 Å². The first-order chi connectivity index (χ1) is 21.8. The Morgan fingerprint density at radius 3 is 1.59 bits per heavy atom. The summed E-state index contributed by atoms with van der Waals surface area (Å²) in [6, 6.07) is 46.6. The van der Waals surface area contributed by atoms with E-state index in [-0.39, 0.29) is 0 Å². The van der Waals surface area contributed by atoms with Gasteiger partial charge in [0.15, 0.2) is 5.82 Å². The number of rotatable bonds is 5. The summed E-state index contributed by atoms with van der Waals surface area (Å²) < 4.78 is 0. The van der Waals surface area contributed by atoms with Crippen LogP contribution in [-0.2, 0) is 0 Å². The number of hydrogen-bond acceptors (Lipinski definition) is 4. The normalized spacial score (nSPS) is 11.2. The van der Waals surface area contributed by atoms with Gasteiger partial charge >= 0.3 is 0 Å². The zero-order valence-electron chi connectivity index (χ0n) is 23.8. The third-order valence-corrected chi connectivity index (χ3v) is 8.02. The number of fused-ring (bicyclic) bond motifs is 2. The third-order valence-electron chi connectivity index (χ3n) is 8.02. The van der Waals surface area contributed by atoms with E-state index < -0.39 is 0 Å². The van der Waals surface area contributed by atoms with Gasteiger partial charge in [0.05, 0.1) is 11.4 Å². The lowest BCUT2D eigenvalue weighted by Crippen LogP contribution is -1.97. The summed E-state index contributed by atoms with van der Waals surface area (Å²) in [6.07, 6.45) is 7.35. The summed E-state index contributed by atoms with van der Waals surface area (Å²) in [7, 11) is 0. The summed E-state index contributed by atoms with van der Waals surface area (Å²) in [5.74, 6) is 0.689. The maximum absolute atomic E-state index is 5.20. The highest BCUT2D eigenvalue weighted by atomic mass is 14.9. The van der Waals surface area contributed by atoms with E-state index in [9.17, 15) is 0 Å². The lowest BCUT2D eigenvalue weighted by atomic mass is 9.95. The summed E-state index contributed by atoms with van der Waals surface area (Å²) >= 11 is 0. The van der Waals surface area contributed by atoms with Crippen LogP contribution in [-0.4, -0.2) is 19.9 Å². The monoisotopic (exact) mass is 562 g/mol. The second-order valence-electron chi connectivity index (χ2n) is 10.9. The second-order valence-corrected chi connectivity index (χ2v) is 10.9. The van der Waals surface area contributed by atoms with Crippen molar-refractivity contribution in [3.8, 4) is 56.2 Å². The van der Waals surface area contributed by atoms with Crippen molar-refractivity contribution in [2.45, 2.75) is 0 Å². The highest BCUT2D eigenvalue weighted by Crippen LogP contribution is 2.35. The summed E-state index contributed by atoms with van der Waals surface area (Å²) in [6.45, 7) is 0. The van der Waals surface area contributed by atoms with Crippen LogP contribution < -0.4 is 0 Å². The fourth-order valence-electron chi connectivity index (χ4n) is 5.74. The highest BCUT2D eigenvalue weighted by Gasteiger charge is 2.14. The number of hydrogen-bond donors (Lipinski definition) is 0. The van der Waals surface area contributed by atoms with E-state index in [4.69, 9.17) is 9.97 Å². The molecule has 206 valence electrons. The lowest BCUT2D eigenvalue weighted by Gasteiger charge is -2.13. The maximum atomic E-state index is 5.20. The molecule has 8 aromatic rings. The van der Waals surface area contributed by atoms with Gasteiger partial charge in [0.1, 0.15) is 0 Å². The van der Waals surface area contributed by atoms with Crippen LogP contribution in [0.2, 0.25) is 0 Å². The van der Waals surface area contributed by atoms with Crippen molar-refractivity contribution in [2.75, 3.05) is 0 Å². The van der Waals surface area contributed by atoms with Crippen LogP contribution >= 0.6 is 0 Å². The number of pyridine rings is 2. The molecule has 3 aromatic heterocycles. The molecule has 0 bridgehead atoms. The average molecular weight is 563 g/mol. The van der Waals surface area contributed by atoms with Gasteiger partial charge in [-0.05, 0) is 92.8 Å². The van der Waals surface area contributed by atoms with Gasteiger partial charge in [-0.25, -0.2) is 9.97 Å². The molecular weight excluding hydrogens is 536 g/mol.